The molecule has 0 fully saturated rings. The van der Waals surface area contributed by atoms with Gasteiger partial charge in [-0.3, -0.25) is 18.8 Å². The molecule has 1 unspecified atom stereocenters. The SMILES string of the molecule is COC(=O)CNc1c(CC(C)C)nc2cc(C(=O)NC(CC(=O)O)c3ccc(C)cc3)ccn12. The summed E-state index contributed by atoms with van der Waals surface area (Å²) >= 11 is 0. The molecule has 0 aliphatic carbocycles. The first-order chi connectivity index (χ1) is 16.2. The number of pyridine rings is 1. The van der Waals surface area contributed by atoms with E-state index in [1.54, 1.807) is 22.7 Å². The number of amides is 1. The summed E-state index contributed by atoms with van der Waals surface area (Å²) in [4.78, 5) is 40.7. The number of esters is 1. The minimum Gasteiger partial charge on any atom is -0.481 e. The molecule has 0 aliphatic heterocycles. The van der Waals surface area contributed by atoms with Crippen molar-refractivity contribution in [3.05, 3.63) is 65.0 Å². The molecule has 3 N–H and O–H groups in total. The van der Waals surface area contributed by atoms with Crippen LogP contribution in [-0.2, 0) is 20.7 Å². The second-order valence-electron chi connectivity index (χ2n) is 8.61. The highest BCUT2D eigenvalue weighted by Crippen LogP contribution is 2.23. The Morgan fingerprint density at radius 3 is 2.47 bits per heavy atom. The van der Waals surface area contributed by atoms with E-state index in [0.717, 1.165) is 16.8 Å². The number of aliphatic carboxylic acids is 1. The standard InChI is InChI=1S/C25H30N4O5/c1-15(2)11-20-24(26-14-23(32)34-4)29-10-9-18(12-21(29)27-20)25(33)28-19(13-22(30)31)17-7-5-16(3)6-8-17/h5-10,12,15,19,26H,11,13-14H2,1-4H3,(H,28,33)(H,30,31). The molecule has 1 aromatic carbocycles. The molecule has 2 heterocycles. The molecule has 1 amide bonds. The molecule has 0 aliphatic rings. The predicted molar refractivity (Wildman–Crippen MR) is 128 cm³/mol. The second kappa shape index (κ2) is 10.8. The minimum absolute atomic E-state index is 0.00888. The van der Waals surface area contributed by atoms with Gasteiger partial charge in [0.1, 0.15) is 18.0 Å². The van der Waals surface area contributed by atoms with E-state index in [-0.39, 0.29) is 13.0 Å². The lowest BCUT2D eigenvalue weighted by Gasteiger charge is -2.18. The number of aromatic nitrogens is 2. The highest BCUT2D eigenvalue weighted by atomic mass is 16.5. The molecule has 0 saturated heterocycles. The average molecular weight is 467 g/mol. The number of nitrogens with zero attached hydrogens (tertiary/aromatic N) is 2. The van der Waals surface area contributed by atoms with Gasteiger partial charge in [-0.15, -0.1) is 0 Å². The van der Waals surface area contributed by atoms with E-state index in [1.165, 1.54) is 7.11 Å². The van der Waals surface area contributed by atoms with E-state index in [9.17, 15) is 19.5 Å². The molecular weight excluding hydrogens is 436 g/mol. The van der Waals surface area contributed by atoms with Crippen LogP contribution in [0.3, 0.4) is 0 Å². The molecule has 0 radical (unpaired) electrons. The van der Waals surface area contributed by atoms with E-state index in [2.05, 4.69) is 29.5 Å². The second-order valence-corrected chi connectivity index (χ2v) is 8.61. The van der Waals surface area contributed by atoms with Gasteiger partial charge in [0.2, 0.25) is 0 Å². The fourth-order valence-corrected chi connectivity index (χ4v) is 3.65. The van der Waals surface area contributed by atoms with Crippen LogP contribution in [0.2, 0.25) is 0 Å². The molecule has 180 valence electrons. The molecule has 34 heavy (non-hydrogen) atoms. The molecule has 9 heteroatoms. The Hall–Kier alpha value is -3.88. The number of carbonyl (C=O) groups excluding carboxylic acids is 2. The van der Waals surface area contributed by atoms with Gasteiger partial charge >= 0.3 is 11.9 Å². The number of hydrogen-bond donors (Lipinski definition) is 3. The molecular formula is C25H30N4O5. The van der Waals surface area contributed by atoms with Gasteiger partial charge in [-0.1, -0.05) is 43.7 Å². The van der Waals surface area contributed by atoms with Crippen LogP contribution in [0.15, 0.2) is 42.6 Å². The van der Waals surface area contributed by atoms with Gasteiger partial charge in [0.15, 0.2) is 0 Å². The maximum atomic E-state index is 13.0. The Kier molecular flexibility index (Phi) is 7.88. The first-order valence-corrected chi connectivity index (χ1v) is 11.1. The first-order valence-electron chi connectivity index (χ1n) is 11.1. The first kappa shape index (κ1) is 24.8. The number of carboxylic acid groups (broad SMARTS) is 1. The number of fused-ring (bicyclic) bond motifs is 1. The van der Waals surface area contributed by atoms with Crippen LogP contribution in [0.25, 0.3) is 5.65 Å². The van der Waals surface area contributed by atoms with E-state index >= 15 is 0 Å². The molecule has 9 nitrogen and oxygen atoms in total. The number of benzene rings is 1. The highest BCUT2D eigenvalue weighted by Gasteiger charge is 2.21. The number of aryl methyl sites for hydroxylation is 1. The summed E-state index contributed by atoms with van der Waals surface area (Å²) in [6, 6.07) is 10.0. The largest absolute Gasteiger partial charge is 0.481 e. The third-order valence-corrected chi connectivity index (χ3v) is 5.35. The molecule has 1 atom stereocenters. The Bertz CT molecular complexity index is 1180. The van der Waals surface area contributed by atoms with Crippen molar-refractivity contribution in [2.45, 2.75) is 39.7 Å². The van der Waals surface area contributed by atoms with Crippen LogP contribution in [0.1, 0.15) is 53.5 Å². The van der Waals surface area contributed by atoms with Crippen molar-refractivity contribution in [2.24, 2.45) is 5.92 Å². The van der Waals surface area contributed by atoms with Gasteiger partial charge in [0, 0.05) is 11.8 Å². The summed E-state index contributed by atoms with van der Waals surface area (Å²) in [5, 5.41) is 15.2. The third-order valence-electron chi connectivity index (χ3n) is 5.35. The molecule has 0 bridgehead atoms. The lowest BCUT2D eigenvalue weighted by molar-refractivity contribution is -0.139. The number of rotatable bonds is 10. The van der Waals surface area contributed by atoms with Crippen molar-refractivity contribution in [2.75, 3.05) is 19.0 Å². The van der Waals surface area contributed by atoms with Gasteiger partial charge in [0.05, 0.1) is 25.3 Å². The predicted octanol–water partition coefficient (Wildman–Crippen LogP) is 3.37. The molecule has 3 aromatic rings. The van der Waals surface area contributed by atoms with E-state index < -0.39 is 23.9 Å². The zero-order valence-corrected chi connectivity index (χ0v) is 19.8. The Morgan fingerprint density at radius 1 is 1.15 bits per heavy atom. The number of hydrogen-bond acceptors (Lipinski definition) is 6. The van der Waals surface area contributed by atoms with Gasteiger partial charge in [-0.2, -0.15) is 0 Å². The fourth-order valence-electron chi connectivity index (χ4n) is 3.65. The molecule has 0 saturated carbocycles. The van der Waals surface area contributed by atoms with E-state index in [0.29, 0.717) is 29.4 Å². The molecule has 3 rings (SSSR count). The number of anilines is 1. The van der Waals surface area contributed by atoms with Crippen molar-refractivity contribution in [3.8, 4) is 0 Å². The van der Waals surface area contributed by atoms with Gasteiger partial charge in [0.25, 0.3) is 5.91 Å². The van der Waals surface area contributed by atoms with Crippen LogP contribution in [0.5, 0.6) is 0 Å². The van der Waals surface area contributed by atoms with Crippen LogP contribution < -0.4 is 10.6 Å². The number of nitrogens with one attached hydrogen (secondary N) is 2. The van der Waals surface area contributed by atoms with Crippen LogP contribution >= 0.6 is 0 Å². The Labute approximate surface area is 198 Å². The maximum Gasteiger partial charge on any atom is 0.325 e. The maximum absolute atomic E-state index is 13.0. The zero-order valence-electron chi connectivity index (χ0n) is 19.8. The van der Waals surface area contributed by atoms with Crippen LogP contribution in [0, 0.1) is 12.8 Å². The number of carbonyl (C=O) groups is 3. The summed E-state index contributed by atoms with van der Waals surface area (Å²) in [6.45, 7) is 6.07. The highest BCUT2D eigenvalue weighted by molar-refractivity contribution is 5.95. The van der Waals surface area contributed by atoms with Crippen LogP contribution in [-0.4, -0.2) is 46.0 Å². The fraction of sp³-hybridized carbons (Fsp3) is 0.360. The van der Waals surface area contributed by atoms with Gasteiger partial charge < -0.3 is 20.5 Å². The summed E-state index contributed by atoms with van der Waals surface area (Å²) in [5.74, 6) is -0.801. The Morgan fingerprint density at radius 2 is 1.85 bits per heavy atom. The number of imidazole rings is 1. The summed E-state index contributed by atoms with van der Waals surface area (Å²) in [6.07, 6.45) is 2.15. The van der Waals surface area contributed by atoms with Crippen molar-refractivity contribution >= 4 is 29.3 Å². The van der Waals surface area contributed by atoms with Gasteiger partial charge in [-0.25, -0.2) is 4.98 Å². The monoisotopic (exact) mass is 466 g/mol. The van der Waals surface area contributed by atoms with Crippen LogP contribution in [0.4, 0.5) is 5.82 Å². The van der Waals surface area contributed by atoms with E-state index in [4.69, 9.17) is 4.74 Å². The third kappa shape index (κ3) is 6.12. The van der Waals surface area contributed by atoms with Crippen molar-refractivity contribution in [1.29, 1.82) is 0 Å². The normalized spacial score (nSPS) is 11.9. The quantitative estimate of drug-likeness (QED) is 0.392. The lowest BCUT2D eigenvalue weighted by Crippen LogP contribution is -2.30. The summed E-state index contributed by atoms with van der Waals surface area (Å²) < 4.78 is 6.50. The molecule has 0 spiro atoms. The minimum atomic E-state index is -1.01. The van der Waals surface area contributed by atoms with E-state index in [1.807, 2.05) is 31.2 Å². The topological polar surface area (TPSA) is 122 Å². The Balaban J connectivity index is 1.89. The lowest BCUT2D eigenvalue weighted by atomic mass is 10.0. The molecule has 2 aromatic heterocycles. The van der Waals surface area contributed by atoms with Gasteiger partial charge in [-0.05, 0) is 37.0 Å². The number of carboxylic acids is 1. The van der Waals surface area contributed by atoms with Crippen molar-refractivity contribution in [3.63, 3.8) is 0 Å². The number of ether oxygens (including phenoxy) is 1. The number of methoxy groups -OCH3 is 1. The summed E-state index contributed by atoms with van der Waals surface area (Å²) in [7, 11) is 1.33. The zero-order chi connectivity index (χ0) is 24.8. The van der Waals surface area contributed by atoms with Crippen molar-refractivity contribution in [1.82, 2.24) is 14.7 Å². The average Bonchev–Trinajstić information content (AvgIpc) is 3.12. The summed E-state index contributed by atoms with van der Waals surface area (Å²) in [5.41, 5.74) is 3.44. The van der Waals surface area contributed by atoms with Crippen molar-refractivity contribution < 1.29 is 24.2 Å². The smallest absolute Gasteiger partial charge is 0.325 e.